The largest absolute Gasteiger partial charge is 0.489 e. The van der Waals surface area contributed by atoms with Gasteiger partial charge in [0.1, 0.15) is 11.9 Å². The van der Waals surface area contributed by atoms with Crippen LogP contribution >= 0.6 is 35.6 Å². The number of halogens is 2. The first-order chi connectivity index (χ1) is 11.2. The average molecular weight is 470 g/mol. The molecule has 0 aliphatic heterocycles. The van der Waals surface area contributed by atoms with Crippen molar-refractivity contribution in [3.8, 4) is 5.75 Å². The van der Waals surface area contributed by atoms with E-state index >= 15 is 0 Å². The number of nitrogens with one attached hydrogen (secondary N) is 2. The summed E-state index contributed by atoms with van der Waals surface area (Å²) in [6, 6.07) is 7.41. The van der Waals surface area contributed by atoms with Gasteiger partial charge in [-0.3, -0.25) is 4.99 Å². The fraction of sp³-hybridized carbons (Fsp3) is 0.588. The van der Waals surface area contributed by atoms with Crippen LogP contribution < -0.4 is 15.4 Å². The highest BCUT2D eigenvalue weighted by atomic mass is 127. The number of hydrogen-bond acceptors (Lipinski definition) is 3. The zero-order chi connectivity index (χ0) is 16.9. The first-order valence-electron chi connectivity index (χ1n) is 8.10. The zero-order valence-corrected chi connectivity index (χ0v) is 17.8. The van der Waals surface area contributed by atoms with E-state index in [2.05, 4.69) is 15.6 Å². The van der Waals surface area contributed by atoms with Gasteiger partial charge in [0.25, 0.3) is 0 Å². The van der Waals surface area contributed by atoms with Gasteiger partial charge in [0.05, 0.1) is 6.54 Å². The summed E-state index contributed by atoms with van der Waals surface area (Å²) in [6.07, 6.45) is 2.10. The summed E-state index contributed by atoms with van der Waals surface area (Å²) in [5.74, 6) is 1.55. The van der Waals surface area contributed by atoms with Crippen molar-refractivity contribution in [2.75, 3.05) is 33.4 Å². The number of aliphatic imine (C=N–C) groups is 1. The van der Waals surface area contributed by atoms with Crippen LogP contribution in [0.25, 0.3) is 0 Å². The van der Waals surface area contributed by atoms with Crippen molar-refractivity contribution < 1.29 is 9.47 Å². The van der Waals surface area contributed by atoms with Gasteiger partial charge in [-0.05, 0) is 44.9 Å². The molecule has 0 radical (unpaired) electrons. The first kappa shape index (κ1) is 23.3. The summed E-state index contributed by atoms with van der Waals surface area (Å²) < 4.78 is 11.1. The molecule has 0 bridgehead atoms. The Morgan fingerprint density at radius 3 is 2.75 bits per heavy atom. The number of guanidine groups is 1. The fourth-order valence-corrected chi connectivity index (χ4v) is 2.14. The van der Waals surface area contributed by atoms with Crippen LogP contribution in [0.3, 0.4) is 0 Å². The van der Waals surface area contributed by atoms with Crippen molar-refractivity contribution in [1.29, 1.82) is 0 Å². The third kappa shape index (κ3) is 10.9. The fourth-order valence-electron chi connectivity index (χ4n) is 1.96. The molecular weight excluding hydrogens is 441 g/mol. The van der Waals surface area contributed by atoms with Crippen molar-refractivity contribution in [2.24, 2.45) is 4.99 Å². The maximum absolute atomic E-state index is 5.95. The van der Waals surface area contributed by atoms with Gasteiger partial charge in [0.15, 0.2) is 5.96 Å². The molecule has 2 N–H and O–H groups in total. The predicted octanol–water partition coefficient (Wildman–Crippen LogP) is 3.71. The van der Waals surface area contributed by atoms with Crippen molar-refractivity contribution >= 4 is 41.5 Å². The molecule has 138 valence electrons. The van der Waals surface area contributed by atoms with Crippen LogP contribution in [0.2, 0.25) is 5.02 Å². The van der Waals surface area contributed by atoms with E-state index in [1.54, 1.807) is 7.05 Å². The SMILES string of the molecule is CCOCCCCNC(=NC)NCC(C)Oc1cccc(Cl)c1.I. The monoisotopic (exact) mass is 469 g/mol. The number of ether oxygens (including phenoxy) is 2. The minimum atomic E-state index is 0. The van der Waals surface area contributed by atoms with E-state index in [1.165, 1.54) is 0 Å². The smallest absolute Gasteiger partial charge is 0.191 e. The Morgan fingerprint density at radius 1 is 1.29 bits per heavy atom. The van der Waals surface area contributed by atoms with E-state index in [4.69, 9.17) is 21.1 Å². The van der Waals surface area contributed by atoms with E-state index in [-0.39, 0.29) is 30.1 Å². The minimum Gasteiger partial charge on any atom is -0.489 e. The summed E-state index contributed by atoms with van der Waals surface area (Å²) in [5, 5.41) is 7.21. The minimum absolute atomic E-state index is 0. The normalized spacial score (nSPS) is 12.2. The highest BCUT2D eigenvalue weighted by Crippen LogP contribution is 2.18. The molecule has 0 aliphatic carbocycles. The Bertz CT molecular complexity index is 475. The third-order valence-corrected chi connectivity index (χ3v) is 3.36. The van der Waals surface area contributed by atoms with Gasteiger partial charge in [-0.15, -0.1) is 24.0 Å². The number of benzene rings is 1. The molecule has 0 fully saturated rings. The van der Waals surface area contributed by atoms with E-state index in [0.29, 0.717) is 11.6 Å². The molecule has 5 nitrogen and oxygen atoms in total. The zero-order valence-electron chi connectivity index (χ0n) is 14.7. The van der Waals surface area contributed by atoms with Gasteiger partial charge < -0.3 is 20.1 Å². The van der Waals surface area contributed by atoms with E-state index in [9.17, 15) is 0 Å². The topological polar surface area (TPSA) is 54.9 Å². The van der Waals surface area contributed by atoms with Gasteiger partial charge in [-0.1, -0.05) is 17.7 Å². The molecule has 1 aromatic rings. The van der Waals surface area contributed by atoms with Crippen molar-refractivity contribution in [3.05, 3.63) is 29.3 Å². The van der Waals surface area contributed by atoms with Crippen molar-refractivity contribution in [2.45, 2.75) is 32.8 Å². The molecule has 0 amide bonds. The van der Waals surface area contributed by atoms with Crippen LogP contribution in [-0.2, 0) is 4.74 Å². The lowest BCUT2D eigenvalue weighted by Gasteiger charge is -2.18. The molecular formula is C17H29ClIN3O2. The molecule has 24 heavy (non-hydrogen) atoms. The molecule has 0 saturated carbocycles. The molecule has 1 atom stereocenters. The van der Waals surface area contributed by atoms with Gasteiger partial charge in [-0.2, -0.15) is 0 Å². The third-order valence-electron chi connectivity index (χ3n) is 3.13. The molecule has 0 saturated heterocycles. The van der Waals surface area contributed by atoms with E-state index < -0.39 is 0 Å². The summed E-state index contributed by atoms with van der Waals surface area (Å²) in [4.78, 5) is 4.20. The summed E-state index contributed by atoms with van der Waals surface area (Å²) >= 11 is 5.95. The van der Waals surface area contributed by atoms with Gasteiger partial charge in [0, 0.05) is 31.8 Å². The van der Waals surface area contributed by atoms with Crippen molar-refractivity contribution in [1.82, 2.24) is 10.6 Å². The second-order valence-corrected chi connectivity index (χ2v) is 5.61. The molecule has 0 aromatic heterocycles. The second kappa shape index (κ2) is 14.6. The lowest BCUT2D eigenvalue weighted by molar-refractivity contribution is 0.143. The van der Waals surface area contributed by atoms with Crippen LogP contribution in [0, 0.1) is 0 Å². The lowest BCUT2D eigenvalue weighted by Crippen LogP contribution is -2.42. The average Bonchev–Trinajstić information content (AvgIpc) is 2.53. The van der Waals surface area contributed by atoms with Gasteiger partial charge in [-0.25, -0.2) is 0 Å². The Labute approximate surface area is 167 Å². The van der Waals surface area contributed by atoms with E-state index in [0.717, 1.165) is 44.3 Å². The molecule has 1 aromatic carbocycles. The molecule has 1 unspecified atom stereocenters. The summed E-state index contributed by atoms with van der Waals surface area (Å²) in [6.45, 7) is 7.14. The molecule has 0 aliphatic rings. The van der Waals surface area contributed by atoms with Crippen LogP contribution in [0.1, 0.15) is 26.7 Å². The molecule has 0 heterocycles. The standard InChI is InChI=1S/C17H28ClN3O2.HI/c1-4-22-11-6-5-10-20-17(19-3)21-13-14(2)23-16-9-7-8-15(18)12-16;/h7-9,12,14H,4-6,10-11,13H2,1-3H3,(H2,19,20,21);1H. The Kier molecular flexibility index (Phi) is 14.2. The number of hydrogen-bond donors (Lipinski definition) is 2. The quantitative estimate of drug-likeness (QED) is 0.237. The number of unbranched alkanes of at least 4 members (excludes halogenated alkanes) is 1. The summed E-state index contributed by atoms with van der Waals surface area (Å²) in [7, 11) is 1.76. The number of rotatable bonds is 10. The van der Waals surface area contributed by atoms with Crippen molar-refractivity contribution in [3.63, 3.8) is 0 Å². The Hall–Kier alpha value is -0.730. The highest BCUT2D eigenvalue weighted by Gasteiger charge is 2.06. The van der Waals surface area contributed by atoms with Crippen LogP contribution in [-0.4, -0.2) is 45.4 Å². The predicted molar refractivity (Wildman–Crippen MR) is 112 cm³/mol. The molecule has 0 spiro atoms. The van der Waals surface area contributed by atoms with Gasteiger partial charge in [0.2, 0.25) is 0 Å². The maximum atomic E-state index is 5.95. The molecule has 7 heteroatoms. The van der Waals surface area contributed by atoms with Crippen LogP contribution in [0.15, 0.2) is 29.3 Å². The second-order valence-electron chi connectivity index (χ2n) is 5.17. The van der Waals surface area contributed by atoms with Crippen LogP contribution in [0.4, 0.5) is 0 Å². The first-order valence-corrected chi connectivity index (χ1v) is 8.48. The Morgan fingerprint density at radius 2 is 2.08 bits per heavy atom. The number of nitrogens with zero attached hydrogens (tertiary/aromatic N) is 1. The summed E-state index contributed by atoms with van der Waals surface area (Å²) in [5.41, 5.74) is 0. The highest BCUT2D eigenvalue weighted by molar-refractivity contribution is 14.0. The lowest BCUT2D eigenvalue weighted by atomic mass is 10.3. The van der Waals surface area contributed by atoms with Crippen LogP contribution in [0.5, 0.6) is 5.75 Å². The van der Waals surface area contributed by atoms with E-state index in [1.807, 2.05) is 38.1 Å². The Balaban J connectivity index is 0.00000529. The molecule has 1 rings (SSSR count). The van der Waals surface area contributed by atoms with Gasteiger partial charge >= 0.3 is 0 Å². The maximum Gasteiger partial charge on any atom is 0.191 e.